The number of pyridine rings is 1. The molecule has 0 aliphatic heterocycles. The standard InChI is InChI=1S/C28H21N5O3S2/c1-36-25-11-8-20(14-29-25)17-3-5-18(6-4-17)27-22(15-32-33-27)19-7-9-23-21(13-19)28(31-16-30-23)24-10-12-26(37-24)38(2,34)35/h3-16H,1-2H3,(H,32,33). The lowest BCUT2D eigenvalue weighted by Gasteiger charge is -2.08. The normalized spacial score (nSPS) is 11.6. The first-order valence-electron chi connectivity index (χ1n) is 11.6. The second-order valence-electron chi connectivity index (χ2n) is 8.67. The molecule has 38 heavy (non-hydrogen) atoms. The van der Waals surface area contributed by atoms with E-state index in [1.54, 1.807) is 31.6 Å². The number of fused-ring (bicyclic) bond motifs is 1. The highest BCUT2D eigenvalue weighted by Crippen LogP contribution is 2.37. The number of hydrogen-bond donors (Lipinski definition) is 1. The Balaban J connectivity index is 1.38. The second kappa shape index (κ2) is 9.47. The van der Waals surface area contributed by atoms with Gasteiger partial charge in [0.2, 0.25) is 5.88 Å². The Kier molecular flexibility index (Phi) is 5.97. The van der Waals surface area contributed by atoms with Crippen molar-refractivity contribution in [2.45, 2.75) is 4.21 Å². The fraction of sp³-hybridized carbons (Fsp3) is 0.0714. The van der Waals surface area contributed by atoms with Crippen molar-refractivity contribution in [3.63, 3.8) is 0 Å². The summed E-state index contributed by atoms with van der Waals surface area (Å²) in [5.41, 5.74) is 7.26. The number of hydrogen-bond acceptors (Lipinski definition) is 8. The summed E-state index contributed by atoms with van der Waals surface area (Å²) >= 11 is 1.20. The van der Waals surface area contributed by atoms with Gasteiger partial charge in [0, 0.05) is 40.6 Å². The van der Waals surface area contributed by atoms with Crippen molar-refractivity contribution in [2.75, 3.05) is 13.4 Å². The summed E-state index contributed by atoms with van der Waals surface area (Å²) in [5, 5.41) is 8.29. The highest BCUT2D eigenvalue weighted by Gasteiger charge is 2.16. The van der Waals surface area contributed by atoms with Gasteiger partial charge in [-0.1, -0.05) is 30.3 Å². The predicted octanol–water partition coefficient (Wildman–Crippen LogP) is 5.89. The molecule has 0 radical (unpaired) electrons. The molecule has 0 aliphatic carbocycles. The van der Waals surface area contributed by atoms with Gasteiger partial charge in [-0.15, -0.1) is 11.3 Å². The number of thiophene rings is 1. The quantitative estimate of drug-likeness (QED) is 0.281. The van der Waals surface area contributed by atoms with Crippen LogP contribution in [-0.4, -0.2) is 46.9 Å². The van der Waals surface area contributed by atoms with Crippen LogP contribution in [0.5, 0.6) is 5.88 Å². The molecule has 10 heteroatoms. The number of nitrogens with one attached hydrogen (secondary N) is 1. The number of rotatable bonds is 6. The van der Waals surface area contributed by atoms with Crippen LogP contribution in [0.1, 0.15) is 0 Å². The maximum atomic E-state index is 12.0. The van der Waals surface area contributed by atoms with Crippen LogP contribution in [0.3, 0.4) is 0 Å². The number of H-pyrrole nitrogens is 1. The Hall–Kier alpha value is -4.41. The molecule has 0 unspecified atom stereocenters. The molecule has 4 aromatic heterocycles. The van der Waals surface area contributed by atoms with Gasteiger partial charge in [0.1, 0.15) is 10.5 Å². The van der Waals surface area contributed by atoms with Gasteiger partial charge < -0.3 is 4.74 Å². The third-order valence-corrected chi connectivity index (χ3v) is 9.13. The fourth-order valence-electron chi connectivity index (χ4n) is 4.29. The minimum atomic E-state index is -3.29. The molecule has 1 N–H and O–H groups in total. The molecule has 6 aromatic rings. The van der Waals surface area contributed by atoms with E-state index in [0.29, 0.717) is 15.8 Å². The van der Waals surface area contributed by atoms with Crippen molar-refractivity contribution in [3.05, 3.63) is 85.5 Å². The first-order chi connectivity index (χ1) is 18.4. The molecule has 0 atom stereocenters. The summed E-state index contributed by atoms with van der Waals surface area (Å²) in [6.45, 7) is 0. The van der Waals surface area contributed by atoms with E-state index >= 15 is 0 Å². The van der Waals surface area contributed by atoms with E-state index in [4.69, 9.17) is 4.74 Å². The number of aromatic nitrogens is 5. The smallest absolute Gasteiger partial charge is 0.212 e. The number of sulfone groups is 1. The zero-order chi connectivity index (χ0) is 26.3. The van der Waals surface area contributed by atoms with E-state index in [1.165, 1.54) is 23.9 Å². The molecule has 0 amide bonds. The fourth-order valence-corrected chi connectivity index (χ4v) is 6.23. The maximum absolute atomic E-state index is 12.0. The molecule has 188 valence electrons. The van der Waals surface area contributed by atoms with Crippen molar-refractivity contribution in [2.24, 2.45) is 0 Å². The SMILES string of the molecule is COc1ccc(-c2ccc(-c3[nH]ncc3-c3ccc4ncnc(-c5ccc(S(C)(=O)=O)s5)c4c3)cc2)cn1. The van der Waals surface area contributed by atoms with Gasteiger partial charge in [-0.2, -0.15) is 5.10 Å². The molecule has 0 fully saturated rings. The Labute approximate surface area is 223 Å². The van der Waals surface area contributed by atoms with Crippen molar-refractivity contribution < 1.29 is 13.2 Å². The van der Waals surface area contributed by atoms with Gasteiger partial charge in [0.25, 0.3) is 0 Å². The maximum Gasteiger partial charge on any atom is 0.212 e. The first kappa shape index (κ1) is 24.0. The summed E-state index contributed by atoms with van der Waals surface area (Å²) in [4.78, 5) is 14.0. The minimum absolute atomic E-state index is 0.307. The summed E-state index contributed by atoms with van der Waals surface area (Å²) < 4.78 is 29.5. The molecule has 4 heterocycles. The van der Waals surface area contributed by atoms with E-state index in [-0.39, 0.29) is 0 Å². The zero-order valence-electron chi connectivity index (χ0n) is 20.4. The van der Waals surface area contributed by atoms with Gasteiger partial charge in [-0.05, 0) is 41.5 Å². The zero-order valence-corrected chi connectivity index (χ0v) is 22.0. The molecule has 0 spiro atoms. The molecule has 0 saturated heterocycles. The number of nitrogens with zero attached hydrogens (tertiary/aromatic N) is 4. The number of aromatic amines is 1. The molecule has 8 nitrogen and oxygen atoms in total. The van der Waals surface area contributed by atoms with Crippen LogP contribution < -0.4 is 4.74 Å². The summed E-state index contributed by atoms with van der Waals surface area (Å²) in [6.07, 6.45) is 6.30. The molecule has 0 aliphatic rings. The van der Waals surface area contributed by atoms with E-state index in [1.807, 2.05) is 54.6 Å². The van der Waals surface area contributed by atoms with Gasteiger partial charge >= 0.3 is 0 Å². The number of ether oxygens (including phenoxy) is 1. The lowest BCUT2D eigenvalue weighted by Crippen LogP contribution is -1.92. The van der Waals surface area contributed by atoms with Crippen LogP contribution in [0.2, 0.25) is 0 Å². The average Bonchev–Trinajstić information content (AvgIpc) is 3.63. The van der Waals surface area contributed by atoms with Crippen molar-refractivity contribution in [1.29, 1.82) is 0 Å². The van der Waals surface area contributed by atoms with Crippen molar-refractivity contribution >= 4 is 32.1 Å². The van der Waals surface area contributed by atoms with Crippen LogP contribution in [0, 0.1) is 0 Å². The third kappa shape index (κ3) is 4.44. The third-order valence-electron chi connectivity index (χ3n) is 6.22. The predicted molar refractivity (Wildman–Crippen MR) is 149 cm³/mol. The lowest BCUT2D eigenvalue weighted by molar-refractivity contribution is 0.398. The largest absolute Gasteiger partial charge is 0.481 e. The second-order valence-corrected chi connectivity index (χ2v) is 12.0. The Morgan fingerprint density at radius 1 is 0.816 bits per heavy atom. The molecular formula is C28H21N5O3S2. The summed E-state index contributed by atoms with van der Waals surface area (Å²) in [7, 11) is -1.70. The monoisotopic (exact) mass is 539 g/mol. The lowest BCUT2D eigenvalue weighted by atomic mass is 9.98. The van der Waals surface area contributed by atoms with E-state index in [2.05, 4.69) is 25.1 Å². The molecule has 0 bridgehead atoms. The molecular weight excluding hydrogens is 518 g/mol. The number of benzene rings is 2. The molecule has 6 rings (SSSR count). The van der Waals surface area contributed by atoms with Crippen LogP contribution in [0.4, 0.5) is 0 Å². The van der Waals surface area contributed by atoms with Gasteiger partial charge in [-0.25, -0.2) is 23.4 Å². The van der Waals surface area contributed by atoms with Crippen molar-refractivity contribution in [3.8, 4) is 50.0 Å². The Morgan fingerprint density at radius 3 is 2.29 bits per heavy atom. The van der Waals surface area contributed by atoms with E-state index < -0.39 is 9.84 Å². The highest BCUT2D eigenvalue weighted by molar-refractivity contribution is 7.92. The Bertz CT molecular complexity index is 1880. The van der Waals surface area contributed by atoms with Crippen LogP contribution in [-0.2, 0) is 9.84 Å². The van der Waals surface area contributed by atoms with Gasteiger partial charge in [0.15, 0.2) is 9.84 Å². The van der Waals surface area contributed by atoms with Crippen LogP contribution >= 0.6 is 11.3 Å². The minimum Gasteiger partial charge on any atom is -0.481 e. The van der Waals surface area contributed by atoms with Gasteiger partial charge in [-0.3, -0.25) is 5.10 Å². The van der Waals surface area contributed by atoms with E-state index in [0.717, 1.165) is 49.3 Å². The molecule has 0 saturated carbocycles. The highest BCUT2D eigenvalue weighted by atomic mass is 32.2. The molecule has 2 aromatic carbocycles. The number of methoxy groups -OCH3 is 1. The van der Waals surface area contributed by atoms with Crippen LogP contribution in [0.25, 0.3) is 55.0 Å². The summed E-state index contributed by atoms with van der Waals surface area (Å²) in [5.74, 6) is 0.575. The van der Waals surface area contributed by atoms with Crippen LogP contribution in [0.15, 0.2) is 89.7 Å². The first-order valence-corrected chi connectivity index (χ1v) is 14.3. The average molecular weight is 540 g/mol. The van der Waals surface area contributed by atoms with Crippen molar-refractivity contribution in [1.82, 2.24) is 25.1 Å². The Morgan fingerprint density at radius 2 is 1.58 bits per heavy atom. The van der Waals surface area contributed by atoms with Gasteiger partial charge in [0.05, 0.1) is 35.1 Å². The van der Waals surface area contributed by atoms with E-state index in [9.17, 15) is 8.42 Å². The topological polar surface area (TPSA) is 111 Å². The summed E-state index contributed by atoms with van der Waals surface area (Å²) in [6, 6.07) is 21.4.